The van der Waals surface area contributed by atoms with Gasteiger partial charge in [-0.1, -0.05) is 13.0 Å². The first-order valence-corrected chi connectivity index (χ1v) is 6.93. The molecule has 2 heterocycles. The predicted octanol–water partition coefficient (Wildman–Crippen LogP) is 2.20. The number of hydrogen-bond acceptors (Lipinski definition) is 2. The van der Waals surface area contributed by atoms with Crippen LogP contribution in [-0.4, -0.2) is 29.3 Å². The van der Waals surface area contributed by atoms with Gasteiger partial charge in [0.2, 0.25) is 5.91 Å². The minimum atomic E-state index is 0.00667. The molecule has 1 atom stereocenters. The second-order valence-corrected chi connectivity index (χ2v) is 5.30. The molecule has 0 radical (unpaired) electrons. The number of hydrogen-bond donors (Lipinski definition) is 1. The van der Waals surface area contributed by atoms with Gasteiger partial charge in [0.25, 0.3) is 5.91 Å². The number of nitrogens with zero attached hydrogens (tertiary/aromatic N) is 1. The molecule has 19 heavy (non-hydrogen) atoms. The molecule has 1 N–H and O–H groups in total. The van der Waals surface area contributed by atoms with Gasteiger partial charge in [0, 0.05) is 23.8 Å². The van der Waals surface area contributed by atoms with Crippen LogP contribution >= 0.6 is 0 Å². The van der Waals surface area contributed by atoms with E-state index in [1.165, 1.54) is 0 Å². The average Bonchev–Trinajstić information content (AvgIpc) is 3.01. The average molecular weight is 258 g/mol. The lowest BCUT2D eigenvalue weighted by molar-refractivity contribution is -0.115. The van der Waals surface area contributed by atoms with E-state index in [0.717, 1.165) is 37.1 Å². The number of benzene rings is 1. The first kappa shape index (κ1) is 12.2. The standard InChI is InChI=1S/C15H18N2O2/c1-2-12-4-3-7-17(12)15(19)11-6-5-10-9-14(18)16-13(10)8-11/h5-6,8,12H,2-4,7,9H2,1H3,(H,16,18). The van der Waals surface area contributed by atoms with E-state index in [9.17, 15) is 9.59 Å². The molecule has 0 aromatic heterocycles. The molecular formula is C15H18N2O2. The molecule has 0 aliphatic carbocycles. The molecule has 2 aliphatic rings. The molecule has 100 valence electrons. The molecule has 0 spiro atoms. The molecule has 2 aliphatic heterocycles. The Balaban J connectivity index is 1.85. The number of rotatable bonds is 2. The van der Waals surface area contributed by atoms with E-state index in [0.29, 0.717) is 18.0 Å². The monoisotopic (exact) mass is 258 g/mol. The molecule has 0 saturated carbocycles. The van der Waals surface area contributed by atoms with Gasteiger partial charge in [0.15, 0.2) is 0 Å². The lowest BCUT2D eigenvalue weighted by atomic mass is 10.1. The zero-order valence-electron chi connectivity index (χ0n) is 11.1. The van der Waals surface area contributed by atoms with E-state index >= 15 is 0 Å². The Hall–Kier alpha value is -1.84. The van der Waals surface area contributed by atoms with Crippen LogP contribution in [0, 0.1) is 0 Å². The van der Waals surface area contributed by atoms with Crippen LogP contribution in [0.2, 0.25) is 0 Å². The topological polar surface area (TPSA) is 49.4 Å². The molecule has 1 unspecified atom stereocenters. The van der Waals surface area contributed by atoms with Gasteiger partial charge in [0.1, 0.15) is 0 Å². The largest absolute Gasteiger partial charge is 0.336 e. The van der Waals surface area contributed by atoms with E-state index in [1.807, 2.05) is 23.1 Å². The smallest absolute Gasteiger partial charge is 0.254 e. The number of fused-ring (bicyclic) bond motifs is 1. The minimum Gasteiger partial charge on any atom is -0.336 e. The molecule has 3 rings (SSSR count). The van der Waals surface area contributed by atoms with Crippen LogP contribution in [0.5, 0.6) is 0 Å². The van der Waals surface area contributed by atoms with Crippen molar-refractivity contribution in [1.82, 2.24) is 4.90 Å². The molecule has 1 saturated heterocycles. The van der Waals surface area contributed by atoms with Crippen molar-refractivity contribution >= 4 is 17.5 Å². The zero-order chi connectivity index (χ0) is 13.4. The maximum absolute atomic E-state index is 12.5. The zero-order valence-corrected chi connectivity index (χ0v) is 11.1. The lowest BCUT2D eigenvalue weighted by Gasteiger charge is -2.23. The molecule has 2 amide bonds. The lowest BCUT2D eigenvalue weighted by Crippen LogP contribution is -2.35. The summed E-state index contributed by atoms with van der Waals surface area (Å²) in [6.45, 7) is 2.97. The SMILES string of the molecule is CCC1CCCN1C(=O)c1ccc2c(c1)NC(=O)C2. The number of amides is 2. The second-order valence-electron chi connectivity index (χ2n) is 5.30. The number of carbonyl (C=O) groups excluding carboxylic acids is 2. The van der Waals surface area contributed by atoms with E-state index in [1.54, 1.807) is 0 Å². The fraction of sp³-hybridized carbons (Fsp3) is 0.467. The Morgan fingerprint density at radius 2 is 2.32 bits per heavy atom. The van der Waals surface area contributed by atoms with Gasteiger partial charge in [-0.2, -0.15) is 0 Å². The van der Waals surface area contributed by atoms with Gasteiger partial charge in [-0.25, -0.2) is 0 Å². The van der Waals surface area contributed by atoms with Crippen LogP contribution in [0.15, 0.2) is 18.2 Å². The Morgan fingerprint density at radius 1 is 1.47 bits per heavy atom. The summed E-state index contributed by atoms with van der Waals surface area (Å²) in [4.78, 5) is 25.8. The molecule has 1 aromatic rings. The van der Waals surface area contributed by atoms with Crippen molar-refractivity contribution in [3.05, 3.63) is 29.3 Å². The number of likely N-dealkylation sites (tertiary alicyclic amines) is 1. The van der Waals surface area contributed by atoms with Crippen molar-refractivity contribution < 1.29 is 9.59 Å². The van der Waals surface area contributed by atoms with Crippen molar-refractivity contribution in [2.24, 2.45) is 0 Å². The summed E-state index contributed by atoms with van der Waals surface area (Å²) in [5.41, 5.74) is 2.46. The molecule has 4 heteroatoms. The highest BCUT2D eigenvalue weighted by Gasteiger charge is 2.29. The van der Waals surface area contributed by atoms with Crippen molar-refractivity contribution in [1.29, 1.82) is 0 Å². The van der Waals surface area contributed by atoms with Crippen LogP contribution in [0.3, 0.4) is 0 Å². The summed E-state index contributed by atoms with van der Waals surface area (Å²) in [5, 5.41) is 2.80. The van der Waals surface area contributed by atoms with Crippen molar-refractivity contribution in [2.75, 3.05) is 11.9 Å². The summed E-state index contributed by atoms with van der Waals surface area (Å²) in [5.74, 6) is 0.0977. The quantitative estimate of drug-likeness (QED) is 0.884. The van der Waals surface area contributed by atoms with Gasteiger partial charge in [0.05, 0.1) is 6.42 Å². The molecule has 0 bridgehead atoms. The van der Waals surface area contributed by atoms with Gasteiger partial charge in [-0.15, -0.1) is 0 Å². The first-order valence-electron chi connectivity index (χ1n) is 6.93. The van der Waals surface area contributed by atoms with E-state index < -0.39 is 0 Å². The van der Waals surface area contributed by atoms with Crippen LogP contribution < -0.4 is 5.32 Å². The summed E-state index contributed by atoms with van der Waals surface area (Å²) in [7, 11) is 0. The number of nitrogens with one attached hydrogen (secondary N) is 1. The van der Waals surface area contributed by atoms with E-state index in [4.69, 9.17) is 0 Å². The summed E-state index contributed by atoms with van der Waals surface area (Å²) in [6, 6.07) is 5.91. The second kappa shape index (κ2) is 4.68. The van der Waals surface area contributed by atoms with E-state index in [-0.39, 0.29) is 11.8 Å². The van der Waals surface area contributed by atoms with Gasteiger partial charge >= 0.3 is 0 Å². The predicted molar refractivity (Wildman–Crippen MR) is 73.1 cm³/mol. The molecule has 1 fully saturated rings. The Kier molecular flexibility index (Phi) is 3.01. The molecule has 1 aromatic carbocycles. The maximum atomic E-state index is 12.5. The highest BCUT2D eigenvalue weighted by atomic mass is 16.2. The third-order valence-electron chi connectivity index (χ3n) is 4.09. The molecular weight excluding hydrogens is 240 g/mol. The highest BCUT2D eigenvalue weighted by molar-refractivity contribution is 6.02. The Labute approximate surface area is 112 Å². The van der Waals surface area contributed by atoms with Gasteiger partial charge in [-0.05, 0) is 37.0 Å². The van der Waals surface area contributed by atoms with Crippen LogP contribution in [-0.2, 0) is 11.2 Å². The van der Waals surface area contributed by atoms with Crippen LogP contribution in [0.4, 0.5) is 5.69 Å². The van der Waals surface area contributed by atoms with E-state index in [2.05, 4.69) is 12.2 Å². The minimum absolute atomic E-state index is 0.00667. The highest BCUT2D eigenvalue weighted by Crippen LogP contribution is 2.27. The third kappa shape index (κ3) is 2.11. The third-order valence-corrected chi connectivity index (χ3v) is 4.09. The number of carbonyl (C=O) groups is 2. The Bertz CT molecular complexity index is 539. The summed E-state index contributed by atoms with van der Waals surface area (Å²) < 4.78 is 0. The maximum Gasteiger partial charge on any atom is 0.254 e. The van der Waals surface area contributed by atoms with Crippen LogP contribution in [0.1, 0.15) is 42.1 Å². The van der Waals surface area contributed by atoms with Gasteiger partial charge < -0.3 is 10.2 Å². The summed E-state index contributed by atoms with van der Waals surface area (Å²) >= 11 is 0. The fourth-order valence-electron chi connectivity index (χ4n) is 3.04. The van der Waals surface area contributed by atoms with Crippen LogP contribution in [0.25, 0.3) is 0 Å². The van der Waals surface area contributed by atoms with Crippen molar-refractivity contribution in [2.45, 2.75) is 38.6 Å². The Morgan fingerprint density at radius 3 is 3.11 bits per heavy atom. The summed E-state index contributed by atoms with van der Waals surface area (Å²) in [6.07, 6.45) is 3.62. The fourth-order valence-corrected chi connectivity index (χ4v) is 3.04. The van der Waals surface area contributed by atoms with Crippen molar-refractivity contribution in [3.63, 3.8) is 0 Å². The van der Waals surface area contributed by atoms with Crippen molar-refractivity contribution in [3.8, 4) is 0 Å². The van der Waals surface area contributed by atoms with Gasteiger partial charge in [-0.3, -0.25) is 9.59 Å². The normalized spacial score (nSPS) is 21.4. The number of anilines is 1. The molecule has 4 nitrogen and oxygen atoms in total. The first-order chi connectivity index (χ1) is 9.19.